The Bertz CT molecular complexity index is 886. The summed E-state index contributed by atoms with van der Waals surface area (Å²) in [5.74, 6) is 12.0. The fourth-order valence-electron chi connectivity index (χ4n) is 2.32. The van der Waals surface area contributed by atoms with E-state index in [1.54, 1.807) is 17.7 Å². The van der Waals surface area contributed by atoms with Crippen molar-refractivity contribution in [1.29, 1.82) is 0 Å². The molecule has 24 heavy (non-hydrogen) atoms. The molecule has 0 aliphatic rings. The van der Waals surface area contributed by atoms with Crippen LogP contribution in [-0.2, 0) is 6.61 Å². The molecule has 0 saturated carbocycles. The average Bonchev–Trinajstić information content (AvgIpc) is 2.92. The van der Waals surface area contributed by atoms with E-state index in [0.717, 1.165) is 11.0 Å². The number of hydrogen-bond donors (Lipinski definition) is 3. The number of imidazole rings is 1. The van der Waals surface area contributed by atoms with E-state index >= 15 is 0 Å². The first-order chi connectivity index (χ1) is 11.6. The van der Waals surface area contributed by atoms with Gasteiger partial charge >= 0.3 is 6.01 Å². The first kappa shape index (κ1) is 15.6. The lowest BCUT2D eigenvalue weighted by molar-refractivity contribution is 0.273. The minimum atomic E-state index is 0.195. The number of rotatable bonds is 3. The summed E-state index contributed by atoms with van der Waals surface area (Å²) in [6.45, 7) is 0.195. The van der Waals surface area contributed by atoms with Crippen molar-refractivity contribution >= 4 is 22.8 Å². The number of fused-ring (bicyclic) bond motifs is 1. The van der Waals surface area contributed by atoms with Gasteiger partial charge in [0, 0.05) is 7.05 Å². The van der Waals surface area contributed by atoms with Crippen molar-refractivity contribution in [2.45, 2.75) is 6.61 Å². The molecule has 3 rings (SSSR count). The smallest absolute Gasteiger partial charge is 0.304 e. The van der Waals surface area contributed by atoms with Crippen molar-refractivity contribution in [3.05, 3.63) is 48.2 Å². The molecule has 0 radical (unpaired) electrons. The molecular weight excluding hydrogens is 308 g/mol. The molecular formula is C15H18N8O. The van der Waals surface area contributed by atoms with E-state index in [2.05, 4.69) is 15.1 Å². The van der Waals surface area contributed by atoms with Crippen LogP contribution >= 0.6 is 0 Å². The van der Waals surface area contributed by atoms with E-state index in [-0.39, 0.29) is 6.61 Å². The Hall–Kier alpha value is -3.33. The van der Waals surface area contributed by atoms with Crippen molar-refractivity contribution in [2.24, 2.45) is 16.8 Å². The molecule has 0 aliphatic carbocycles. The molecule has 9 heteroatoms. The number of anilines is 1. The van der Waals surface area contributed by atoms with Gasteiger partial charge in [-0.1, -0.05) is 18.2 Å². The SMILES string of the molecule is CN(N)/C(=N\N)n1c(OCc2cccc(N)n2)nc2ccccc21. The summed E-state index contributed by atoms with van der Waals surface area (Å²) in [5.41, 5.74) is 7.87. The Morgan fingerprint density at radius 2 is 2.00 bits per heavy atom. The maximum absolute atomic E-state index is 5.81. The number of ether oxygens (including phenoxy) is 1. The topological polar surface area (TPSA) is 134 Å². The summed E-state index contributed by atoms with van der Waals surface area (Å²) in [6.07, 6.45) is 0. The number of aromatic nitrogens is 3. The normalized spacial score (nSPS) is 11.7. The van der Waals surface area contributed by atoms with Gasteiger partial charge in [0.2, 0.25) is 5.96 Å². The maximum atomic E-state index is 5.81. The Morgan fingerprint density at radius 1 is 1.21 bits per heavy atom. The monoisotopic (exact) mass is 326 g/mol. The van der Waals surface area contributed by atoms with Gasteiger partial charge in [0.05, 0.1) is 16.7 Å². The minimum absolute atomic E-state index is 0.195. The third-order valence-electron chi connectivity index (χ3n) is 3.34. The van der Waals surface area contributed by atoms with E-state index in [4.69, 9.17) is 22.2 Å². The molecule has 0 spiro atoms. The zero-order valence-electron chi connectivity index (χ0n) is 13.1. The van der Waals surface area contributed by atoms with Crippen molar-refractivity contribution < 1.29 is 4.74 Å². The van der Waals surface area contributed by atoms with Crippen LogP contribution in [0.1, 0.15) is 5.69 Å². The number of nitrogens with zero attached hydrogens (tertiary/aromatic N) is 5. The predicted molar refractivity (Wildman–Crippen MR) is 91.7 cm³/mol. The molecule has 0 amide bonds. The van der Waals surface area contributed by atoms with Crippen LogP contribution in [0.15, 0.2) is 47.6 Å². The number of benzene rings is 1. The summed E-state index contributed by atoms with van der Waals surface area (Å²) in [4.78, 5) is 8.66. The van der Waals surface area contributed by atoms with Gasteiger partial charge in [-0.05, 0) is 24.3 Å². The van der Waals surface area contributed by atoms with Gasteiger partial charge in [-0.15, -0.1) is 5.10 Å². The molecule has 1 aromatic carbocycles. The largest absolute Gasteiger partial charge is 0.458 e. The molecule has 0 unspecified atom stereocenters. The molecule has 6 N–H and O–H groups in total. The van der Waals surface area contributed by atoms with Gasteiger partial charge in [0.1, 0.15) is 12.4 Å². The number of hydrazine groups is 1. The van der Waals surface area contributed by atoms with Gasteiger partial charge in [-0.25, -0.2) is 15.4 Å². The quantitative estimate of drug-likeness (QED) is 0.276. The number of nitrogens with two attached hydrogens (primary N) is 3. The molecule has 3 aromatic rings. The summed E-state index contributed by atoms with van der Waals surface area (Å²) in [5, 5.41) is 5.03. The molecule has 124 valence electrons. The Labute approximate surface area is 138 Å². The van der Waals surface area contributed by atoms with E-state index in [9.17, 15) is 0 Å². The van der Waals surface area contributed by atoms with Crippen molar-refractivity contribution in [3.8, 4) is 6.01 Å². The lowest BCUT2D eigenvalue weighted by Crippen LogP contribution is -2.39. The molecule has 0 fully saturated rings. The van der Waals surface area contributed by atoms with E-state index in [1.807, 2.05) is 36.4 Å². The predicted octanol–water partition coefficient (Wildman–Crippen LogP) is 0.476. The minimum Gasteiger partial charge on any atom is -0.458 e. The zero-order chi connectivity index (χ0) is 17.1. The van der Waals surface area contributed by atoms with Gasteiger partial charge < -0.3 is 16.3 Å². The van der Waals surface area contributed by atoms with Crippen molar-refractivity contribution in [3.63, 3.8) is 0 Å². The summed E-state index contributed by atoms with van der Waals surface area (Å²) >= 11 is 0. The second-order valence-corrected chi connectivity index (χ2v) is 5.10. The van der Waals surface area contributed by atoms with Crippen LogP contribution < -0.4 is 22.2 Å². The third-order valence-corrected chi connectivity index (χ3v) is 3.34. The van der Waals surface area contributed by atoms with Crippen molar-refractivity contribution in [1.82, 2.24) is 19.5 Å². The third kappa shape index (κ3) is 2.92. The number of pyridine rings is 1. The highest BCUT2D eigenvalue weighted by Gasteiger charge is 2.18. The van der Waals surface area contributed by atoms with E-state index < -0.39 is 0 Å². The fraction of sp³-hybridized carbons (Fsp3) is 0.133. The van der Waals surface area contributed by atoms with Crippen LogP contribution in [0, 0.1) is 0 Å². The lowest BCUT2D eigenvalue weighted by Gasteiger charge is -2.17. The van der Waals surface area contributed by atoms with Crippen LogP contribution in [-0.4, -0.2) is 32.6 Å². The van der Waals surface area contributed by atoms with Gasteiger partial charge in [-0.3, -0.25) is 5.01 Å². The first-order valence-electron chi connectivity index (χ1n) is 7.18. The van der Waals surface area contributed by atoms with Crippen LogP contribution in [0.25, 0.3) is 11.0 Å². The maximum Gasteiger partial charge on any atom is 0.304 e. The van der Waals surface area contributed by atoms with E-state index in [0.29, 0.717) is 23.5 Å². The first-order valence-corrected chi connectivity index (χ1v) is 7.18. The highest BCUT2D eigenvalue weighted by molar-refractivity contribution is 5.93. The zero-order valence-corrected chi connectivity index (χ0v) is 13.1. The summed E-state index contributed by atoms with van der Waals surface area (Å²) in [7, 11) is 1.63. The molecule has 2 heterocycles. The number of hydrazone groups is 1. The number of hydrogen-bond acceptors (Lipinski definition) is 7. The van der Waals surface area contributed by atoms with Crippen LogP contribution in [0.5, 0.6) is 6.01 Å². The van der Waals surface area contributed by atoms with Crippen LogP contribution in [0.2, 0.25) is 0 Å². The second kappa shape index (κ2) is 6.42. The Morgan fingerprint density at radius 3 is 2.71 bits per heavy atom. The average molecular weight is 326 g/mol. The van der Waals surface area contributed by atoms with Crippen molar-refractivity contribution in [2.75, 3.05) is 12.8 Å². The molecule has 0 bridgehead atoms. The molecule has 9 nitrogen and oxygen atoms in total. The Balaban J connectivity index is 2.00. The Kier molecular flexibility index (Phi) is 4.17. The standard InChI is InChI=1S/C15H18N8O/c1-22(18)14(21-17)23-12-7-3-2-6-11(12)20-15(23)24-9-10-5-4-8-13(16)19-10/h2-8H,9,17-18H2,1H3,(H2,16,19)/b21-14+. The number of para-hydroxylation sites is 2. The molecule has 0 aliphatic heterocycles. The number of nitrogen functional groups attached to an aromatic ring is 1. The molecule has 2 aromatic heterocycles. The molecule has 0 saturated heterocycles. The highest BCUT2D eigenvalue weighted by atomic mass is 16.5. The summed E-state index contributed by atoms with van der Waals surface area (Å²) < 4.78 is 7.45. The van der Waals surface area contributed by atoms with Crippen LogP contribution in [0.4, 0.5) is 5.82 Å². The van der Waals surface area contributed by atoms with Gasteiger partial charge in [0.25, 0.3) is 0 Å². The van der Waals surface area contributed by atoms with Crippen LogP contribution in [0.3, 0.4) is 0 Å². The van der Waals surface area contributed by atoms with Gasteiger partial charge in [-0.2, -0.15) is 4.98 Å². The van der Waals surface area contributed by atoms with Gasteiger partial charge in [0.15, 0.2) is 0 Å². The highest BCUT2D eigenvalue weighted by Crippen LogP contribution is 2.22. The van der Waals surface area contributed by atoms with E-state index in [1.165, 1.54) is 5.01 Å². The summed E-state index contributed by atoms with van der Waals surface area (Å²) in [6, 6.07) is 13.2. The molecule has 0 atom stereocenters. The lowest BCUT2D eigenvalue weighted by atomic mass is 10.3. The fourth-order valence-corrected chi connectivity index (χ4v) is 2.32. The second-order valence-electron chi connectivity index (χ2n) is 5.10.